The summed E-state index contributed by atoms with van der Waals surface area (Å²) in [5.41, 5.74) is 5.32. The summed E-state index contributed by atoms with van der Waals surface area (Å²) < 4.78 is 14.3. The largest absolute Gasteiger partial charge is 0.520 e. The fraction of sp³-hybridized carbons (Fsp3) is 0.625. The Bertz CT molecular complexity index is 301. The van der Waals surface area contributed by atoms with E-state index in [9.17, 15) is 4.79 Å². The summed E-state index contributed by atoms with van der Waals surface area (Å²) in [6.07, 6.45) is 2.03. The van der Waals surface area contributed by atoms with Gasteiger partial charge in [-0.2, -0.15) is 0 Å². The predicted molar refractivity (Wildman–Crippen MR) is 46.2 cm³/mol. The van der Waals surface area contributed by atoms with Crippen molar-refractivity contribution in [2.75, 3.05) is 12.3 Å². The summed E-state index contributed by atoms with van der Waals surface area (Å²) in [7, 11) is 0. The first kappa shape index (κ1) is 9.85. The lowest BCUT2D eigenvalue weighted by Crippen LogP contribution is -1.96. The third-order valence-corrected chi connectivity index (χ3v) is 1.55. The van der Waals surface area contributed by atoms with Gasteiger partial charge in [0.2, 0.25) is 5.88 Å². The highest BCUT2D eigenvalue weighted by Crippen LogP contribution is 2.09. The second-order valence-electron chi connectivity index (χ2n) is 2.65. The van der Waals surface area contributed by atoms with E-state index in [1.807, 2.05) is 0 Å². The van der Waals surface area contributed by atoms with Crippen molar-refractivity contribution in [3.8, 4) is 0 Å². The van der Waals surface area contributed by atoms with Gasteiger partial charge in [0, 0.05) is 6.61 Å². The number of unbranched alkanes of at least 4 members (excludes halogenated alkanes) is 1. The van der Waals surface area contributed by atoms with E-state index in [0.717, 1.165) is 12.8 Å². The predicted octanol–water partition coefficient (Wildman–Crippen LogP) is 1.13. The van der Waals surface area contributed by atoms with E-state index >= 15 is 0 Å². The Morgan fingerprint density at radius 2 is 2.23 bits per heavy atom. The van der Waals surface area contributed by atoms with Crippen LogP contribution >= 0.6 is 0 Å². The van der Waals surface area contributed by atoms with Crippen molar-refractivity contribution >= 4 is 5.88 Å². The smallest absolute Gasteiger partial charge is 0.391 e. The van der Waals surface area contributed by atoms with Crippen LogP contribution in [0.3, 0.4) is 0 Å². The fourth-order valence-electron chi connectivity index (χ4n) is 0.830. The molecule has 2 N–H and O–H groups in total. The van der Waals surface area contributed by atoms with Gasteiger partial charge in [-0.05, 0) is 6.42 Å². The summed E-state index contributed by atoms with van der Waals surface area (Å²) in [6.45, 7) is 2.89. The second kappa shape index (κ2) is 4.71. The van der Waals surface area contributed by atoms with Crippen LogP contribution in [-0.2, 0) is 11.3 Å². The van der Waals surface area contributed by atoms with Gasteiger partial charge in [0.1, 0.15) is 6.61 Å². The van der Waals surface area contributed by atoms with E-state index in [1.165, 1.54) is 0 Å². The zero-order chi connectivity index (χ0) is 9.68. The number of anilines is 1. The molecule has 74 valence electrons. The molecule has 1 rings (SSSR count). The third kappa shape index (κ3) is 2.95. The van der Waals surface area contributed by atoms with Gasteiger partial charge in [0.15, 0.2) is 5.76 Å². The molecular formula is C8H13NO4. The summed E-state index contributed by atoms with van der Waals surface area (Å²) in [5, 5.41) is 0. The molecule has 1 aromatic rings. The molecular weight excluding hydrogens is 174 g/mol. The normalized spacial score (nSPS) is 10.5. The standard InChI is InChI=1S/C8H13NO4/c1-2-3-4-11-5-6-7(9)13-8(10)12-6/h2-5,9H2,1H3. The first-order chi connectivity index (χ1) is 6.24. The van der Waals surface area contributed by atoms with Crippen LogP contribution in [0.1, 0.15) is 25.5 Å². The molecule has 0 aliphatic carbocycles. The zero-order valence-corrected chi connectivity index (χ0v) is 7.54. The van der Waals surface area contributed by atoms with Gasteiger partial charge in [0.25, 0.3) is 0 Å². The van der Waals surface area contributed by atoms with Gasteiger partial charge in [-0.25, -0.2) is 4.79 Å². The molecule has 0 saturated heterocycles. The van der Waals surface area contributed by atoms with Crippen molar-refractivity contribution in [2.24, 2.45) is 0 Å². The quantitative estimate of drug-likeness (QED) is 0.699. The monoisotopic (exact) mass is 187 g/mol. The number of nitrogens with two attached hydrogens (primary N) is 1. The Morgan fingerprint density at radius 3 is 2.77 bits per heavy atom. The molecule has 1 heterocycles. The van der Waals surface area contributed by atoms with Gasteiger partial charge >= 0.3 is 5.82 Å². The van der Waals surface area contributed by atoms with E-state index < -0.39 is 5.82 Å². The summed E-state index contributed by atoms with van der Waals surface area (Å²) in [5.74, 6) is -0.519. The average Bonchev–Trinajstić information content (AvgIpc) is 2.39. The lowest BCUT2D eigenvalue weighted by molar-refractivity contribution is 0.103. The molecule has 0 radical (unpaired) electrons. The maximum Gasteiger partial charge on any atom is 0.520 e. The van der Waals surface area contributed by atoms with Crippen molar-refractivity contribution in [3.05, 3.63) is 16.4 Å². The second-order valence-corrected chi connectivity index (χ2v) is 2.65. The van der Waals surface area contributed by atoms with Crippen molar-refractivity contribution in [1.29, 1.82) is 0 Å². The van der Waals surface area contributed by atoms with Crippen molar-refractivity contribution in [2.45, 2.75) is 26.4 Å². The molecule has 1 aromatic heterocycles. The summed E-state index contributed by atoms with van der Waals surface area (Å²) >= 11 is 0. The molecule has 0 aliphatic heterocycles. The lowest BCUT2D eigenvalue weighted by atomic mass is 10.4. The van der Waals surface area contributed by atoms with Crippen LogP contribution in [-0.4, -0.2) is 6.61 Å². The molecule has 0 aromatic carbocycles. The molecule has 0 spiro atoms. The van der Waals surface area contributed by atoms with E-state index in [2.05, 4.69) is 15.8 Å². The zero-order valence-electron chi connectivity index (χ0n) is 7.54. The Labute approximate surface area is 75.5 Å². The number of nitrogen functional groups attached to an aromatic ring is 1. The molecule has 0 aliphatic rings. The first-order valence-electron chi connectivity index (χ1n) is 4.20. The number of rotatable bonds is 5. The van der Waals surface area contributed by atoms with Crippen LogP contribution in [0, 0.1) is 0 Å². The summed E-state index contributed by atoms with van der Waals surface area (Å²) in [4.78, 5) is 10.5. The highest BCUT2D eigenvalue weighted by atomic mass is 16.6. The minimum atomic E-state index is -0.786. The van der Waals surface area contributed by atoms with Gasteiger partial charge in [-0.3, -0.25) is 0 Å². The average molecular weight is 187 g/mol. The lowest BCUT2D eigenvalue weighted by Gasteiger charge is -1.98. The van der Waals surface area contributed by atoms with Crippen molar-refractivity contribution in [3.63, 3.8) is 0 Å². The molecule has 5 heteroatoms. The maximum absolute atomic E-state index is 10.5. The minimum absolute atomic E-state index is 0.00139. The fourth-order valence-corrected chi connectivity index (χ4v) is 0.830. The molecule has 0 bridgehead atoms. The van der Waals surface area contributed by atoms with Crippen LogP contribution in [0.5, 0.6) is 0 Å². The minimum Gasteiger partial charge on any atom is -0.391 e. The number of ether oxygens (including phenoxy) is 1. The van der Waals surface area contributed by atoms with Crippen LogP contribution in [0.25, 0.3) is 0 Å². The highest BCUT2D eigenvalue weighted by Gasteiger charge is 2.08. The molecule has 0 unspecified atom stereocenters. The molecule has 0 fully saturated rings. The number of hydrogen-bond acceptors (Lipinski definition) is 5. The van der Waals surface area contributed by atoms with Crippen molar-refractivity contribution < 1.29 is 13.6 Å². The number of hydrogen-bond donors (Lipinski definition) is 1. The topological polar surface area (TPSA) is 78.6 Å². The van der Waals surface area contributed by atoms with Gasteiger partial charge < -0.3 is 19.3 Å². The SMILES string of the molecule is CCCCOCc1oc(=O)oc1N. The van der Waals surface area contributed by atoms with E-state index in [0.29, 0.717) is 6.61 Å². The summed E-state index contributed by atoms with van der Waals surface area (Å²) in [6, 6.07) is 0. The van der Waals surface area contributed by atoms with Crippen LogP contribution < -0.4 is 11.6 Å². The van der Waals surface area contributed by atoms with E-state index in [-0.39, 0.29) is 18.3 Å². The molecule has 13 heavy (non-hydrogen) atoms. The van der Waals surface area contributed by atoms with Crippen LogP contribution in [0.2, 0.25) is 0 Å². The maximum atomic E-state index is 10.5. The van der Waals surface area contributed by atoms with E-state index in [1.54, 1.807) is 0 Å². The van der Waals surface area contributed by atoms with Gasteiger partial charge in [-0.1, -0.05) is 13.3 Å². The Morgan fingerprint density at radius 1 is 1.46 bits per heavy atom. The van der Waals surface area contributed by atoms with E-state index in [4.69, 9.17) is 10.5 Å². The molecule has 0 saturated carbocycles. The molecule has 0 amide bonds. The highest BCUT2D eigenvalue weighted by molar-refractivity contribution is 5.25. The van der Waals surface area contributed by atoms with Gasteiger partial charge in [0.05, 0.1) is 0 Å². The Hall–Kier alpha value is -1.23. The van der Waals surface area contributed by atoms with Crippen LogP contribution in [0.15, 0.2) is 13.6 Å². The molecule has 5 nitrogen and oxygen atoms in total. The Kier molecular flexibility index (Phi) is 3.57. The third-order valence-electron chi connectivity index (χ3n) is 1.55. The van der Waals surface area contributed by atoms with Gasteiger partial charge in [-0.15, -0.1) is 0 Å². The van der Waals surface area contributed by atoms with Crippen molar-refractivity contribution in [1.82, 2.24) is 0 Å². The Balaban J connectivity index is 2.36. The van der Waals surface area contributed by atoms with Crippen LogP contribution in [0.4, 0.5) is 5.88 Å². The molecule has 0 atom stereocenters. The first-order valence-corrected chi connectivity index (χ1v) is 4.20.